The summed E-state index contributed by atoms with van der Waals surface area (Å²) in [5.41, 5.74) is 2.15. The Balaban J connectivity index is 2.49. The number of nitriles is 1. The average molecular weight is 238 g/mol. The molecule has 3 heteroatoms. The molecule has 18 heavy (non-hydrogen) atoms. The summed E-state index contributed by atoms with van der Waals surface area (Å²) < 4.78 is 7.78. The molecule has 90 valence electrons. The second-order valence-electron chi connectivity index (χ2n) is 5.47. The molecule has 0 bridgehead atoms. The van der Waals surface area contributed by atoms with E-state index in [4.69, 9.17) is 4.42 Å². The lowest BCUT2D eigenvalue weighted by Gasteiger charge is -2.22. The van der Waals surface area contributed by atoms with Crippen molar-refractivity contribution in [1.29, 1.82) is 5.26 Å². The molecule has 0 aliphatic carbocycles. The van der Waals surface area contributed by atoms with Gasteiger partial charge in [0.1, 0.15) is 17.3 Å². The Kier molecular flexibility index (Phi) is 2.06. The van der Waals surface area contributed by atoms with Crippen molar-refractivity contribution in [1.82, 2.24) is 4.57 Å². The molecule has 0 spiro atoms. The van der Waals surface area contributed by atoms with Crippen LogP contribution in [-0.4, -0.2) is 4.57 Å². The van der Waals surface area contributed by atoms with Gasteiger partial charge in [-0.3, -0.25) is 0 Å². The minimum absolute atomic E-state index is 0.131. The number of benzene rings is 1. The van der Waals surface area contributed by atoms with Gasteiger partial charge in [0.05, 0.1) is 5.39 Å². The summed E-state index contributed by atoms with van der Waals surface area (Å²) in [6.07, 6.45) is 1.92. The second kappa shape index (κ2) is 3.39. The van der Waals surface area contributed by atoms with Crippen molar-refractivity contribution in [2.45, 2.75) is 26.3 Å². The van der Waals surface area contributed by atoms with Gasteiger partial charge in [-0.2, -0.15) is 5.26 Å². The Morgan fingerprint density at radius 3 is 2.56 bits per heavy atom. The van der Waals surface area contributed by atoms with Gasteiger partial charge >= 0.3 is 0 Å². The summed E-state index contributed by atoms with van der Waals surface area (Å²) >= 11 is 0. The monoisotopic (exact) mass is 238 g/mol. The molecule has 3 aromatic rings. The number of furan rings is 1. The van der Waals surface area contributed by atoms with Crippen LogP contribution in [0.4, 0.5) is 0 Å². The van der Waals surface area contributed by atoms with Gasteiger partial charge in [0.2, 0.25) is 0 Å². The van der Waals surface area contributed by atoms with Crippen LogP contribution in [0, 0.1) is 11.3 Å². The molecule has 0 saturated heterocycles. The van der Waals surface area contributed by atoms with Crippen molar-refractivity contribution >= 4 is 21.9 Å². The SMILES string of the molecule is CC(C)(C)n1cc2oc3ccccc3c2c1C#N. The molecule has 0 N–H and O–H groups in total. The average Bonchev–Trinajstić information content (AvgIpc) is 2.82. The molecule has 0 saturated carbocycles. The highest BCUT2D eigenvalue weighted by atomic mass is 16.3. The largest absolute Gasteiger partial charge is 0.454 e. The van der Waals surface area contributed by atoms with Gasteiger partial charge in [0, 0.05) is 17.1 Å². The molecule has 2 aromatic heterocycles. The second-order valence-corrected chi connectivity index (χ2v) is 5.47. The Labute approximate surface area is 105 Å². The van der Waals surface area contributed by atoms with E-state index in [1.54, 1.807) is 0 Å². The maximum atomic E-state index is 9.43. The zero-order valence-corrected chi connectivity index (χ0v) is 10.7. The topological polar surface area (TPSA) is 41.9 Å². The van der Waals surface area contributed by atoms with Crippen LogP contribution in [0.15, 0.2) is 34.9 Å². The van der Waals surface area contributed by atoms with Gasteiger partial charge in [0.15, 0.2) is 5.58 Å². The molecule has 3 nitrogen and oxygen atoms in total. The molecule has 0 aliphatic rings. The van der Waals surface area contributed by atoms with Crippen molar-refractivity contribution in [3.8, 4) is 6.07 Å². The molecule has 0 radical (unpaired) electrons. The standard InChI is InChI=1S/C15H14N2O/c1-15(2,3)17-9-13-14(11(17)8-16)10-6-4-5-7-12(10)18-13/h4-7,9H,1-3H3. The lowest BCUT2D eigenvalue weighted by Crippen LogP contribution is -2.22. The quantitative estimate of drug-likeness (QED) is 0.593. The molecule has 2 heterocycles. The third-order valence-electron chi connectivity index (χ3n) is 3.18. The fourth-order valence-corrected chi connectivity index (χ4v) is 2.34. The van der Waals surface area contributed by atoms with E-state index in [9.17, 15) is 5.26 Å². The van der Waals surface area contributed by atoms with Gasteiger partial charge in [-0.25, -0.2) is 0 Å². The summed E-state index contributed by atoms with van der Waals surface area (Å²) in [6, 6.07) is 10.1. The Bertz CT molecular complexity index is 778. The number of aromatic nitrogens is 1. The molecular formula is C15H14N2O. The Hall–Kier alpha value is -2.21. The molecule has 0 atom stereocenters. The van der Waals surface area contributed by atoms with Gasteiger partial charge in [-0.1, -0.05) is 18.2 Å². The molecule has 0 amide bonds. The third-order valence-corrected chi connectivity index (χ3v) is 3.18. The van der Waals surface area contributed by atoms with Crippen LogP contribution in [0.5, 0.6) is 0 Å². The first-order valence-corrected chi connectivity index (χ1v) is 5.95. The molecule has 0 unspecified atom stereocenters. The van der Waals surface area contributed by atoms with Gasteiger partial charge in [0.25, 0.3) is 0 Å². The molecule has 3 rings (SSSR count). The van der Waals surface area contributed by atoms with E-state index in [0.717, 1.165) is 21.9 Å². The highest BCUT2D eigenvalue weighted by Gasteiger charge is 2.22. The van der Waals surface area contributed by atoms with Gasteiger partial charge < -0.3 is 8.98 Å². The predicted octanol–water partition coefficient (Wildman–Crippen LogP) is 4.01. The number of para-hydroxylation sites is 1. The summed E-state index contributed by atoms with van der Waals surface area (Å²) in [5, 5.41) is 11.4. The maximum Gasteiger partial charge on any atom is 0.154 e. The van der Waals surface area contributed by atoms with E-state index in [1.165, 1.54) is 0 Å². The molecule has 0 fully saturated rings. The minimum atomic E-state index is -0.131. The number of fused-ring (bicyclic) bond motifs is 3. The van der Waals surface area contributed by atoms with Crippen LogP contribution in [0.1, 0.15) is 26.5 Å². The van der Waals surface area contributed by atoms with Crippen LogP contribution < -0.4 is 0 Å². The summed E-state index contributed by atoms with van der Waals surface area (Å²) in [4.78, 5) is 0. The van der Waals surface area contributed by atoms with Gasteiger partial charge in [-0.05, 0) is 26.8 Å². The summed E-state index contributed by atoms with van der Waals surface area (Å²) in [6.45, 7) is 6.23. The normalized spacial score (nSPS) is 12.1. The predicted molar refractivity (Wildman–Crippen MR) is 71.4 cm³/mol. The van der Waals surface area contributed by atoms with Crippen molar-refractivity contribution < 1.29 is 4.42 Å². The number of hydrogen-bond donors (Lipinski definition) is 0. The van der Waals surface area contributed by atoms with E-state index >= 15 is 0 Å². The van der Waals surface area contributed by atoms with Crippen LogP contribution in [0.25, 0.3) is 21.9 Å². The number of nitrogens with zero attached hydrogens (tertiary/aromatic N) is 2. The smallest absolute Gasteiger partial charge is 0.154 e. The summed E-state index contributed by atoms with van der Waals surface area (Å²) in [5.74, 6) is 0. The number of rotatable bonds is 0. The lowest BCUT2D eigenvalue weighted by atomic mass is 10.1. The Morgan fingerprint density at radius 1 is 1.17 bits per heavy atom. The van der Waals surface area contributed by atoms with E-state index in [-0.39, 0.29) is 5.54 Å². The fourth-order valence-electron chi connectivity index (χ4n) is 2.34. The van der Waals surface area contributed by atoms with Crippen molar-refractivity contribution in [2.75, 3.05) is 0 Å². The van der Waals surface area contributed by atoms with E-state index < -0.39 is 0 Å². The molecular weight excluding hydrogens is 224 g/mol. The lowest BCUT2D eigenvalue weighted by molar-refractivity contribution is 0.395. The minimum Gasteiger partial charge on any atom is -0.454 e. The first-order chi connectivity index (χ1) is 8.52. The molecule has 1 aromatic carbocycles. The first kappa shape index (κ1) is 10.9. The van der Waals surface area contributed by atoms with Gasteiger partial charge in [-0.15, -0.1) is 0 Å². The first-order valence-electron chi connectivity index (χ1n) is 5.95. The fraction of sp³-hybridized carbons (Fsp3) is 0.267. The Morgan fingerprint density at radius 2 is 1.89 bits per heavy atom. The van der Waals surface area contributed by atoms with Crippen molar-refractivity contribution in [2.24, 2.45) is 0 Å². The third kappa shape index (κ3) is 1.36. The van der Waals surface area contributed by atoms with Crippen LogP contribution in [-0.2, 0) is 5.54 Å². The van der Waals surface area contributed by atoms with Crippen LogP contribution in [0.3, 0.4) is 0 Å². The highest BCUT2D eigenvalue weighted by molar-refractivity contribution is 6.07. The highest BCUT2D eigenvalue weighted by Crippen LogP contribution is 2.34. The van der Waals surface area contributed by atoms with E-state index in [1.807, 2.05) is 35.0 Å². The van der Waals surface area contributed by atoms with Crippen molar-refractivity contribution in [3.63, 3.8) is 0 Å². The zero-order chi connectivity index (χ0) is 12.9. The van der Waals surface area contributed by atoms with Crippen molar-refractivity contribution in [3.05, 3.63) is 36.2 Å². The van der Waals surface area contributed by atoms with E-state index in [2.05, 4.69) is 26.8 Å². The summed E-state index contributed by atoms with van der Waals surface area (Å²) in [7, 11) is 0. The molecule has 0 aliphatic heterocycles. The maximum absolute atomic E-state index is 9.43. The van der Waals surface area contributed by atoms with Crippen LogP contribution >= 0.6 is 0 Å². The van der Waals surface area contributed by atoms with E-state index in [0.29, 0.717) is 5.69 Å². The van der Waals surface area contributed by atoms with Crippen LogP contribution in [0.2, 0.25) is 0 Å². The zero-order valence-electron chi connectivity index (χ0n) is 10.7. The number of hydrogen-bond acceptors (Lipinski definition) is 2.